The summed E-state index contributed by atoms with van der Waals surface area (Å²) < 4.78 is 32.4. The third kappa shape index (κ3) is 3.27. The highest BCUT2D eigenvalue weighted by Crippen LogP contribution is 2.31. The highest BCUT2D eigenvalue weighted by molar-refractivity contribution is 7.89. The number of nitrogens with one attached hydrogen (secondary N) is 1. The Hall–Kier alpha value is -0.370. The number of benzene rings is 1. The average molecular weight is 339 g/mol. The summed E-state index contributed by atoms with van der Waals surface area (Å²) in [6, 6.07) is 2.76. The fraction of sp³-hybridized carbons (Fsp3) is 0.500. The summed E-state index contributed by atoms with van der Waals surface area (Å²) >= 11 is 12.0. The van der Waals surface area contributed by atoms with Gasteiger partial charge in [0, 0.05) is 24.7 Å². The molecule has 0 radical (unpaired) electrons. The first-order chi connectivity index (χ1) is 9.37. The van der Waals surface area contributed by atoms with Crippen LogP contribution < -0.4 is 10.5 Å². The van der Waals surface area contributed by atoms with E-state index < -0.39 is 10.0 Å². The van der Waals surface area contributed by atoms with Gasteiger partial charge in [-0.15, -0.1) is 0 Å². The van der Waals surface area contributed by atoms with E-state index in [0.717, 1.165) is 0 Å². The van der Waals surface area contributed by atoms with Gasteiger partial charge in [-0.1, -0.05) is 23.2 Å². The molecule has 1 saturated carbocycles. The van der Waals surface area contributed by atoms with Crippen molar-refractivity contribution in [2.24, 2.45) is 5.73 Å². The molecule has 0 unspecified atom stereocenters. The van der Waals surface area contributed by atoms with Gasteiger partial charge in [0.25, 0.3) is 0 Å². The Morgan fingerprint density at radius 3 is 2.60 bits per heavy atom. The molecule has 0 aromatic heterocycles. The smallest absolute Gasteiger partial charge is 0.242 e. The predicted octanol–water partition coefficient (Wildman–Crippen LogP) is 1.91. The molecule has 0 saturated heterocycles. The molecule has 1 aliphatic rings. The molecule has 0 aliphatic heterocycles. The van der Waals surface area contributed by atoms with E-state index in [-0.39, 0.29) is 28.6 Å². The summed E-state index contributed by atoms with van der Waals surface area (Å²) in [5.41, 5.74) is 6.03. The van der Waals surface area contributed by atoms with E-state index in [2.05, 4.69) is 4.72 Å². The van der Waals surface area contributed by atoms with Gasteiger partial charge in [-0.3, -0.25) is 0 Å². The molecule has 112 valence electrons. The van der Waals surface area contributed by atoms with Gasteiger partial charge < -0.3 is 10.5 Å². The van der Waals surface area contributed by atoms with Gasteiger partial charge in [-0.25, -0.2) is 13.1 Å². The number of methoxy groups -OCH3 is 1. The van der Waals surface area contributed by atoms with Crippen molar-refractivity contribution in [3.8, 4) is 0 Å². The second-order valence-electron chi connectivity index (χ2n) is 4.73. The van der Waals surface area contributed by atoms with E-state index in [1.54, 1.807) is 13.2 Å². The zero-order valence-corrected chi connectivity index (χ0v) is 13.2. The first-order valence-electron chi connectivity index (χ1n) is 6.10. The second kappa shape index (κ2) is 6.17. The van der Waals surface area contributed by atoms with Crippen LogP contribution in [0.5, 0.6) is 0 Å². The number of hydrogen-bond acceptors (Lipinski definition) is 4. The van der Waals surface area contributed by atoms with Crippen molar-refractivity contribution in [1.29, 1.82) is 0 Å². The van der Waals surface area contributed by atoms with Crippen molar-refractivity contribution in [2.75, 3.05) is 7.11 Å². The van der Waals surface area contributed by atoms with E-state index in [4.69, 9.17) is 33.7 Å². The first kappa shape index (κ1) is 16.0. The first-order valence-corrected chi connectivity index (χ1v) is 8.34. The number of halogens is 2. The molecule has 2 rings (SSSR count). The van der Waals surface area contributed by atoms with Gasteiger partial charge in [-0.05, 0) is 30.5 Å². The van der Waals surface area contributed by atoms with Crippen LogP contribution in [0.25, 0.3) is 0 Å². The van der Waals surface area contributed by atoms with Crippen molar-refractivity contribution in [3.63, 3.8) is 0 Å². The minimum atomic E-state index is -3.72. The number of rotatable bonds is 5. The predicted molar refractivity (Wildman–Crippen MR) is 78.5 cm³/mol. The summed E-state index contributed by atoms with van der Waals surface area (Å²) in [4.78, 5) is -0.0343. The molecule has 1 aromatic rings. The molecule has 20 heavy (non-hydrogen) atoms. The topological polar surface area (TPSA) is 81.4 Å². The number of sulfonamides is 1. The molecule has 3 N–H and O–H groups in total. The van der Waals surface area contributed by atoms with Crippen LogP contribution in [0.2, 0.25) is 10.0 Å². The second-order valence-corrected chi connectivity index (χ2v) is 7.23. The third-order valence-corrected chi connectivity index (χ3v) is 5.66. The molecule has 0 spiro atoms. The Morgan fingerprint density at radius 1 is 1.40 bits per heavy atom. The molecule has 8 heteroatoms. The molecule has 0 heterocycles. The Kier molecular flexibility index (Phi) is 4.94. The average Bonchev–Trinajstić information content (AvgIpc) is 2.35. The van der Waals surface area contributed by atoms with E-state index in [1.807, 2.05) is 0 Å². The third-order valence-electron chi connectivity index (χ3n) is 3.34. The molecule has 0 amide bonds. The van der Waals surface area contributed by atoms with Crippen LogP contribution in [0.4, 0.5) is 0 Å². The molecule has 1 aliphatic carbocycles. The van der Waals surface area contributed by atoms with E-state index in [0.29, 0.717) is 23.4 Å². The maximum absolute atomic E-state index is 12.3. The lowest BCUT2D eigenvalue weighted by Crippen LogP contribution is -2.47. The Morgan fingerprint density at radius 2 is 2.05 bits per heavy atom. The molecule has 1 aromatic carbocycles. The summed E-state index contributed by atoms with van der Waals surface area (Å²) in [6.07, 6.45) is 1.41. The van der Waals surface area contributed by atoms with Crippen molar-refractivity contribution < 1.29 is 13.2 Å². The van der Waals surface area contributed by atoms with Crippen molar-refractivity contribution in [1.82, 2.24) is 4.72 Å². The number of nitrogens with two attached hydrogens (primary N) is 1. The monoisotopic (exact) mass is 338 g/mol. The van der Waals surface area contributed by atoms with E-state index in [1.165, 1.54) is 6.07 Å². The lowest BCUT2D eigenvalue weighted by atomic mass is 9.90. The van der Waals surface area contributed by atoms with Crippen molar-refractivity contribution in [2.45, 2.75) is 36.4 Å². The zero-order chi connectivity index (χ0) is 14.9. The minimum Gasteiger partial charge on any atom is -0.381 e. The lowest BCUT2D eigenvalue weighted by Gasteiger charge is -2.34. The van der Waals surface area contributed by atoms with Crippen LogP contribution in [0.3, 0.4) is 0 Å². The molecule has 5 nitrogen and oxygen atoms in total. The SMILES string of the molecule is COC1CC(NS(=O)(=O)c2cc(Cl)cc(CN)c2Cl)C1. The zero-order valence-electron chi connectivity index (χ0n) is 10.9. The fourth-order valence-electron chi connectivity index (χ4n) is 2.10. The van der Waals surface area contributed by atoms with Crippen LogP contribution in [-0.4, -0.2) is 27.7 Å². The van der Waals surface area contributed by atoms with Gasteiger partial charge >= 0.3 is 0 Å². The Labute approximate surface area is 128 Å². The van der Waals surface area contributed by atoms with Crippen LogP contribution in [0.15, 0.2) is 17.0 Å². The van der Waals surface area contributed by atoms with Gasteiger partial charge in [0.15, 0.2) is 0 Å². The van der Waals surface area contributed by atoms with Crippen LogP contribution >= 0.6 is 23.2 Å². The molecule has 1 fully saturated rings. The molecule has 0 atom stereocenters. The van der Waals surface area contributed by atoms with Crippen LogP contribution in [-0.2, 0) is 21.3 Å². The summed E-state index contributed by atoms with van der Waals surface area (Å²) in [5, 5.41) is 0.408. The largest absolute Gasteiger partial charge is 0.381 e. The highest BCUT2D eigenvalue weighted by Gasteiger charge is 2.33. The quantitative estimate of drug-likeness (QED) is 0.859. The van der Waals surface area contributed by atoms with Crippen molar-refractivity contribution >= 4 is 33.2 Å². The van der Waals surface area contributed by atoms with Gasteiger partial charge in [0.1, 0.15) is 4.90 Å². The summed E-state index contributed by atoms with van der Waals surface area (Å²) in [5.74, 6) is 0. The number of hydrogen-bond donors (Lipinski definition) is 2. The van der Waals surface area contributed by atoms with Crippen molar-refractivity contribution in [3.05, 3.63) is 27.7 Å². The maximum atomic E-state index is 12.3. The van der Waals surface area contributed by atoms with E-state index in [9.17, 15) is 8.42 Å². The Bertz CT molecular complexity index is 601. The fourth-order valence-corrected chi connectivity index (χ4v) is 4.30. The Balaban J connectivity index is 2.24. The van der Waals surface area contributed by atoms with E-state index >= 15 is 0 Å². The minimum absolute atomic E-state index is 0.0343. The lowest BCUT2D eigenvalue weighted by molar-refractivity contribution is 0.0236. The maximum Gasteiger partial charge on any atom is 0.242 e. The van der Waals surface area contributed by atoms with Crippen LogP contribution in [0, 0.1) is 0 Å². The summed E-state index contributed by atoms with van der Waals surface area (Å²) in [6.45, 7) is 0.122. The van der Waals surface area contributed by atoms with Gasteiger partial charge in [0.2, 0.25) is 10.0 Å². The highest BCUT2D eigenvalue weighted by atomic mass is 35.5. The standard InChI is InChI=1S/C12H16Cl2N2O3S/c1-19-10-4-9(5-10)16-20(17,18)11-3-8(13)2-7(6-15)12(11)14/h2-3,9-10,16H,4-6,15H2,1H3. The van der Waals surface area contributed by atoms with Gasteiger partial charge in [0.05, 0.1) is 11.1 Å². The molecular weight excluding hydrogens is 323 g/mol. The van der Waals surface area contributed by atoms with Crippen LogP contribution in [0.1, 0.15) is 18.4 Å². The number of ether oxygens (including phenoxy) is 1. The normalized spacial score (nSPS) is 22.6. The van der Waals surface area contributed by atoms with Gasteiger partial charge in [-0.2, -0.15) is 0 Å². The molecular formula is C12H16Cl2N2O3S. The molecule has 0 bridgehead atoms. The summed E-state index contributed by atoms with van der Waals surface area (Å²) in [7, 11) is -2.11.